The van der Waals surface area contributed by atoms with Gasteiger partial charge >= 0.3 is 0 Å². The summed E-state index contributed by atoms with van der Waals surface area (Å²) in [6, 6.07) is 13.4. The largest absolute Gasteiger partial charge is 0.346 e. The van der Waals surface area contributed by atoms with Gasteiger partial charge in [0.05, 0.1) is 5.69 Å². The van der Waals surface area contributed by atoms with Gasteiger partial charge in [-0.25, -0.2) is 14.6 Å². The van der Waals surface area contributed by atoms with Crippen LogP contribution in [0, 0.1) is 6.92 Å². The molecule has 0 fully saturated rings. The molecule has 0 unspecified atom stereocenters. The van der Waals surface area contributed by atoms with Gasteiger partial charge in [0.1, 0.15) is 18.3 Å². The number of hydrogen-bond donors (Lipinski definition) is 2. The molecule has 0 aliphatic rings. The molecule has 0 bridgehead atoms. The van der Waals surface area contributed by atoms with Gasteiger partial charge in [-0.15, -0.1) is 0 Å². The number of rotatable bonds is 5. The van der Waals surface area contributed by atoms with Crippen LogP contribution >= 0.6 is 0 Å². The molecule has 0 saturated heterocycles. The molecule has 134 valence electrons. The number of nitrogens with zero attached hydrogens (tertiary/aromatic N) is 5. The predicted molar refractivity (Wildman–Crippen MR) is 99.1 cm³/mol. The standard InChI is InChI=1S/C19H17N7O/c1-13-4-6-14(7-5-13)16-9-17(25-24-16)19(27)22-10-15-3-2-8-21-18(15)26-12-20-11-23-26/h2-9,11-12H,10H2,1H3,(H,22,27)(H,24,25). The Bertz CT molecular complexity index is 1050. The Morgan fingerprint density at radius 1 is 1.22 bits per heavy atom. The maximum Gasteiger partial charge on any atom is 0.269 e. The Kier molecular flexibility index (Phi) is 4.44. The third-order valence-electron chi connectivity index (χ3n) is 4.11. The number of aromatic amines is 1. The first-order valence-corrected chi connectivity index (χ1v) is 8.40. The molecule has 4 rings (SSSR count). The summed E-state index contributed by atoms with van der Waals surface area (Å²) < 4.78 is 1.56. The van der Waals surface area contributed by atoms with Gasteiger partial charge < -0.3 is 5.32 Å². The van der Waals surface area contributed by atoms with E-state index in [2.05, 4.69) is 30.6 Å². The summed E-state index contributed by atoms with van der Waals surface area (Å²) in [5.41, 5.74) is 4.08. The van der Waals surface area contributed by atoms with Crippen LogP contribution in [-0.2, 0) is 6.54 Å². The third kappa shape index (κ3) is 3.59. The number of H-pyrrole nitrogens is 1. The average molecular weight is 359 g/mol. The van der Waals surface area contributed by atoms with Gasteiger partial charge in [-0.3, -0.25) is 9.89 Å². The number of amides is 1. The minimum absolute atomic E-state index is 0.241. The summed E-state index contributed by atoms with van der Waals surface area (Å²) >= 11 is 0. The van der Waals surface area contributed by atoms with Crippen molar-refractivity contribution in [3.8, 4) is 17.1 Å². The molecule has 4 aromatic rings. The molecule has 0 aliphatic carbocycles. The zero-order chi connectivity index (χ0) is 18.6. The van der Waals surface area contributed by atoms with Crippen molar-refractivity contribution in [1.82, 2.24) is 35.3 Å². The molecule has 3 heterocycles. The van der Waals surface area contributed by atoms with Crippen molar-refractivity contribution in [1.29, 1.82) is 0 Å². The summed E-state index contributed by atoms with van der Waals surface area (Å²) in [7, 11) is 0. The van der Waals surface area contributed by atoms with Crippen LogP contribution in [0.3, 0.4) is 0 Å². The first-order valence-electron chi connectivity index (χ1n) is 8.40. The van der Waals surface area contributed by atoms with Crippen LogP contribution in [0.5, 0.6) is 0 Å². The van der Waals surface area contributed by atoms with Crippen molar-refractivity contribution in [2.75, 3.05) is 0 Å². The molecule has 0 aliphatic heterocycles. The van der Waals surface area contributed by atoms with Crippen molar-refractivity contribution in [3.63, 3.8) is 0 Å². The number of carbonyl (C=O) groups is 1. The lowest BCUT2D eigenvalue weighted by Crippen LogP contribution is -2.24. The summed E-state index contributed by atoms with van der Waals surface area (Å²) in [4.78, 5) is 20.7. The zero-order valence-corrected chi connectivity index (χ0v) is 14.6. The molecular formula is C19H17N7O. The van der Waals surface area contributed by atoms with Crippen LogP contribution in [0.2, 0.25) is 0 Å². The summed E-state index contributed by atoms with van der Waals surface area (Å²) in [6.45, 7) is 2.33. The van der Waals surface area contributed by atoms with Crippen molar-refractivity contribution >= 4 is 5.91 Å². The first-order chi connectivity index (χ1) is 13.2. The predicted octanol–water partition coefficient (Wildman–Crippen LogP) is 2.29. The molecule has 3 aromatic heterocycles. The van der Waals surface area contributed by atoms with E-state index in [0.29, 0.717) is 18.1 Å². The van der Waals surface area contributed by atoms with Gasteiger partial charge in [-0.2, -0.15) is 10.2 Å². The second kappa shape index (κ2) is 7.20. The number of hydrogen-bond acceptors (Lipinski definition) is 5. The van der Waals surface area contributed by atoms with E-state index in [1.54, 1.807) is 23.3 Å². The maximum atomic E-state index is 12.5. The van der Waals surface area contributed by atoms with Crippen molar-refractivity contribution in [2.45, 2.75) is 13.5 Å². The van der Waals surface area contributed by atoms with Crippen molar-refractivity contribution in [3.05, 3.63) is 78.1 Å². The molecular weight excluding hydrogens is 342 g/mol. The number of aryl methyl sites for hydroxylation is 1. The number of carbonyl (C=O) groups excluding carboxylic acids is 1. The average Bonchev–Trinajstić information content (AvgIpc) is 3.39. The number of pyridine rings is 1. The van der Waals surface area contributed by atoms with E-state index >= 15 is 0 Å². The Morgan fingerprint density at radius 3 is 2.85 bits per heavy atom. The number of benzene rings is 1. The molecule has 1 aromatic carbocycles. The van der Waals surface area contributed by atoms with Crippen molar-refractivity contribution < 1.29 is 4.79 Å². The van der Waals surface area contributed by atoms with Crippen LogP contribution in [0.1, 0.15) is 21.6 Å². The minimum Gasteiger partial charge on any atom is -0.346 e. The number of nitrogens with one attached hydrogen (secondary N) is 2. The molecule has 0 radical (unpaired) electrons. The van der Waals surface area contributed by atoms with Gasteiger partial charge in [0.15, 0.2) is 5.82 Å². The quantitative estimate of drug-likeness (QED) is 0.569. The molecule has 2 N–H and O–H groups in total. The Morgan fingerprint density at radius 2 is 2.07 bits per heavy atom. The van der Waals surface area contributed by atoms with Crippen molar-refractivity contribution in [2.24, 2.45) is 0 Å². The Hall–Kier alpha value is -3.81. The van der Waals surface area contributed by atoms with Gasteiger partial charge in [0, 0.05) is 23.9 Å². The van der Waals surface area contributed by atoms with E-state index in [4.69, 9.17) is 0 Å². The molecule has 27 heavy (non-hydrogen) atoms. The fraction of sp³-hybridized carbons (Fsp3) is 0.105. The molecule has 8 heteroatoms. The van der Waals surface area contributed by atoms with Crippen LogP contribution in [-0.4, -0.2) is 35.9 Å². The lowest BCUT2D eigenvalue weighted by molar-refractivity contribution is 0.0946. The SMILES string of the molecule is Cc1ccc(-c2cc(C(=O)NCc3cccnc3-n3cncn3)[nH]n2)cc1. The summed E-state index contributed by atoms with van der Waals surface area (Å²) in [6.07, 6.45) is 4.68. The van der Waals surface area contributed by atoms with Gasteiger partial charge in [0.2, 0.25) is 0 Å². The van der Waals surface area contributed by atoms with E-state index in [9.17, 15) is 4.79 Å². The Labute approximate surface area is 155 Å². The lowest BCUT2D eigenvalue weighted by atomic mass is 10.1. The third-order valence-corrected chi connectivity index (χ3v) is 4.11. The van der Waals surface area contributed by atoms with E-state index in [1.165, 1.54) is 11.9 Å². The smallest absolute Gasteiger partial charge is 0.269 e. The monoisotopic (exact) mass is 359 g/mol. The number of aromatic nitrogens is 6. The van der Waals surface area contributed by atoms with Crippen LogP contribution in [0.15, 0.2) is 61.3 Å². The molecule has 0 atom stereocenters. The molecule has 1 amide bonds. The normalized spacial score (nSPS) is 10.7. The molecule has 8 nitrogen and oxygen atoms in total. The molecule has 0 saturated carbocycles. The highest BCUT2D eigenvalue weighted by Crippen LogP contribution is 2.18. The second-order valence-corrected chi connectivity index (χ2v) is 6.04. The lowest BCUT2D eigenvalue weighted by Gasteiger charge is -2.08. The van der Waals surface area contributed by atoms with Gasteiger partial charge in [-0.05, 0) is 19.1 Å². The first kappa shape index (κ1) is 16.6. The van der Waals surface area contributed by atoms with Crippen LogP contribution < -0.4 is 5.32 Å². The van der Waals surface area contributed by atoms with Gasteiger partial charge in [0.25, 0.3) is 5.91 Å². The topological polar surface area (TPSA) is 101 Å². The van der Waals surface area contributed by atoms with E-state index in [0.717, 1.165) is 16.8 Å². The minimum atomic E-state index is -0.241. The fourth-order valence-electron chi connectivity index (χ4n) is 2.67. The highest BCUT2D eigenvalue weighted by molar-refractivity contribution is 5.93. The van der Waals surface area contributed by atoms with Crippen LogP contribution in [0.4, 0.5) is 0 Å². The maximum absolute atomic E-state index is 12.5. The van der Waals surface area contributed by atoms with E-state index in [1.807, 2.05) is 43.3 Å². The summed E-state index contributed by atoms with van der Waals surface area (Å²) in [5, 5.41) is 14.0. The second-order valence-electron chi connectivity index (χ2n) is 6.04. The zero-order valence-electron chi connectivity index (χ0n) is 14.6. The van der Waals surface area contributed by atoms with Crippen LogP contribution in [0.25, 0.3) is 17.1 Å². The fourth-order valence-corrected chi connectivity index (χ4v) is 2.67. The highest BCUT2D eigenvalue weighted by atomic mass is 16.1. The van der Waals surface area contributed by atoms with Gasteiger partial charge in [-0.1, -0.05) is 35.9 Å². The van der Waals surface area contributed by atoms with E-state index < -0.39 is 0 Å². The summed E-state index contributed by atoms with van der Waals surface area (Å²) in [5.74, 6) is 0.384. The van der Waals surface area contributed by atoms with E-state index in [-0.39, 0.29) is 5.91 Å². The Balaban J connectivity index is 1.47. The highest BCUT2D eigenvalue weighted by Gasteiger charge is 2.13. The molecule has 0 spiro atoms.